The Morgan fingerprint density at radius 3 is 2.58 bits per heavy atom. The third-order valence-electron chi connectivity index (χ3n) is 7.51. The number of benzene rings is 1. The Kier molecular flexibility index (Phi) is 6.08. The first kappa shape index (κ1) is 23.0. The summed E-state index contributed by atoms with van der Waals surface area (Å²) >= 11 is 0. The van der Waals surface area contributed by atoms with Gasteiger partial charge < -0.3 is 14.6 Å². The summed E-state index contributed by atoms with van der Waals surface area (Å²) in [7, 11) is 0. The molecule has 1 aliphatic carbocycles. The molecule has 3 aromatic heterocycles. The van der Waals surface area contributed by atoms with E-state index in [2.05, 4.69) is 22.0 Å². The van der Waals surface area contributed by atoms with E-state index in [4.69, 9.17) is 19.5 Å². The summed E-state index contributed by atoms with van der Waals surface area (Å²) in [6.45, 7) is 6.18. The number of hydrogen-bond acceptors (Lipinski definition) is 7. The van der Waals surface area contributed by atoms with Crippen molar-refractivity contribution in [1.29, 1.82) is 0 Å². The number of furan rings is 1. The first-order chi connectivity index (χ1) is 17.6. The van der Waals surface area contributed by atoms with Gasteiger partial charge in [0, 0.05) is 50.0 Å². The van der Waals surface area contributed by atoms with Gasteiger partial charge in [0.25, 0.3) is 0 Å². The monoisotopic (exact) mass is 489 g/mol. The zero-order valence-corrected chi connectivity index (χ0v) is 20.7. The standard InChI is InChI=1S/C27H32FN7O/c1-27(11-5-2-6-12-27)31-26-29-18-20(25-30-24(32-35(25)26)23-10-7-17-36-23)19-33-13-15-34(16-14-33)22-9-4-3-8-21(22)28/h3-4,7-10,17-18H,2,5-6,11-16,19H2,1H3,(H,29,31). The van der Waals surface area contributed by atoms with Crippen LogP contribution >= 0.6 is 0 Å². The molecule has 2 fully saturated rings. The molecular formula is C27H32FN7O. The molecule has 36 heavy (non-hydrogen) atoms. The predicted molar refractivity (Wildman–Crippen MR) is 137 cm³/mol. The number of nitrogens with one attached hydrogen (secondary N) is 1. The van der Waals surface area contributed by atoms with Gasteiger partial charge in [-0.25, -0.2) is 14.4 Å². The van der Waals surface area contributed by atoms with Crippen LogP contribution in [0, 0.1) is 5.82 Å². The van der Waals surface area contributed by atoms with Gasteiger partial charge in [0.05, 0.1) is 12.0 Å². The van der Waals surface area contributed by atoms with Crippen molar-refractivity contribution in [3.63, 3.8) is 0 Å². The van der Waals surface area contributed by atoms with E-state index in [1.807, 2.05) is 35.0 Å². The molecule has 1 N–H and O–H groups in total. The van der Waals surface area contributed by atoms with E-state index in [0.717, 1.165) is 50.2 Å². The van der Waals surface area contributed by atoms with E-state index in [1.165, 1.54) is 25.3 Å². The minimum absolute atomic E-state index is 0.000464. The quantitative estimate of drug-likeness (QED) is 0.409. The van der Waals surface area contributed by atoms with Crippen molar-refractivity contribution in [3.8, 4) is 11.6 Å². The molecule has 0 unspecified atom stereocenters. The SMILES string of the molecule is CC1(Nc2ncc(CN3CCN(c4ccccc4F)CC3)c3nc(-c4ccco4)nn23)CCCCC1. The van der Waals surface area contributed by atoms with E-state index in [9.17, 15) is 4.39 Å². The zero-order chi connectivity index (χ0) is 24.5. The highest BCUT2D eigenvalue weighted by atomic mass is 19.1. The van der Waals surface area contributed by atoms with Gasteiger partial charge in [-0.2, -0.15) is 4.52 Å². The highest BCUT2D eigenvalue weighted by molar-refractivity contribution is 5.58. The minimum atomic E-state index is -0.166. The van der Waals surface area contributed by atoms with Gasteiger partial charge >= 0.3 is 0 Å². The average Bonchev–Trinajstić information content (AvgIpc) is 3.58. The maximum absolute atomic E-state index is 14.2. The van der Waals surface area contributed by atoms with E-state index in [-0.39, 0.29) is 11.4 Å². The molecule has 0 spiro atoms. The topological polar surface area (TPSA) is 74.7 Å². The molecule has 0 bridgehead atoms. The molecule has 4 heterocycles. The summed E-state index contributed by atoms with van der Waals surface area (Å²) in [6.07, 6.45) is 9.52. The van der Waals surface area contributed by atoms with Gasteiger partial charge in [0.15, 0.2) is 11.4 Å². The van der Waals surface area contributed by atoms with E-state index in [1.54, 1.807) is 12.3 Å². The number of hydrogen-bond donors (Lipinski definition) is 1. The third-order valence-corrected chi connectivity index (χ3v) is 7.51. The molecule has 2 aliphatic rings. The third kappa shape index (κ3) is 4.55. The van der Waals surface area contributed by atoms with Gasteiger partial charge in [0.2, 0.25) is 11.8 Å². The molecule has 1 saturated carbocycles. The first-order valence-corrected chi connectivity index (χ1v) is 12.9. The summed E-state index contributed by atoms with van der Waals surface area (Å²) in [5.41, 5.74) is 2.47. The Labute approximate surface area is 210 Å². The van der Waals surface area contributed by atoms with Crippen molar-refractivity contribution in [2.24, 2.45) is 0 Å². The molecule has 9 heteroatoms. The smallest absolute Gasteiger partial charge is 0.226 e. The number of piperazine rings is 1. The number of rotatable bonds is 6. The molecule has 0 amide bonds. The zero-order valence-electron chi connectivity index (χ0n) is 20.7. The Bertz CT molecular complexity index is 1320. The van der Waals surface area contributed by atoms with Crippen molar-refractivity contribution in [1.82, 2.24) is 24.5 Å². The summed E-state index contributed by atoms with van der Waals surface area (Å²) in [4.78, 5) is 14.2. The van der Waals surface area contributed by atoms with Crippen LogP contribution in [0.5, 0.6) is 0 Å². The first-order valence-electron chi connectivity index (χ1n) is 12.9. The lowest BCUT2D eigenvalue weighted by Crippen LogP contribution is -2.46. The Hall–Kier alpha value is -3.46. The lowest BCUT2D eigenvalue weighted by molar-refractivity contribution is 0.249. The maximum Gasteiger partial charge on any atom is 0.226 e. The van der Waals surface area contributed by atoms with Crippen LogP contribution in [0.3, 0.4) is 0 Å². The maximum atomic E-state index is 14.2. The predicted octanol–water partition coefficient (Wildman–Crippen LogP) is 4.98. The van der Waals surface area contributed by atoms with Crippen LogP contribution in [-0.4, -0.2) is 56.2 Å². The molecule has 8 nitrogen and oxygen atoms in total. The molecule has 1 aromatic carbocycles. The molecule has 1 aliphatic heterocycles. The average molecular weight is 490 g/mol. The van der Waals surface area contributed by atoms with Crippen LogP contribution in [0.4, 0.5) is 16.0 Å². The number of nitrogens with zero attached hydrogens (tertiary/aromatic N) is 6. The van der Waals surface area contributed by atoms with Crippen molar-refractivity contribution < 1.29 is 8.81 Å². The Balaban J connectivity index is 1.25. The van der Waals surface area contributed by atoms with Gasteiger partial charge in [-0.05, 0) is 44.0 Å². The van der Waals surface area contributed by atoms with Crippen LogP contribution in [0.1, 0.15) is 44.6 Å². The largest absolute Gasteiger partial charge is 0.461 e. The van der Waals surface area contributed by atoms with Crippen LogP contribution in [0.2, 0.25) is 0 Å². The van der Waals surface area contributed by atoms with Crippen molar-refractivity contribution in [2.45, 2.75) is 51.1 Å². The molecular weight excluding hydrogens is 457 g/mol. The van der Waals surface area contributed by atoms with Gasteiger partial charge in [-0.1, -0.05) is 31.4 Å². The fourth-order valence-corrected chi connectivity index (χ4v) is 5.45. The fourth-order valence-electron chi connectivity index (χ4n) is 5.45. The second-order valence-corrected chi connectivity index (χ2v) is 10.2. The molecule has 1 saturated heterocycles. The van der Waals surface area contributed by atoms with Crippen LogP contribution < -0.4 is 10.2 Å². The summed E-state index contributed by atoms with van der Waals surface area (Å²) in [5.74, 6) is 1.74. The van der Waals surface area contributed by atoms with Crippen molar-refractivity contribution in [2.75, 3.05) is 36.4 Å². The van der Waals surface area contributed by atoms with Crippen molar-refractivity contribution in [3.05, 3.63) is 60.2 Å². The van der Waals surface area contributed by atoms with E-state index >= 15 is 0 Å². The summed E-state index contributed by atoms with van der Waals surface area (Å²) in [6, 6.07) is 10.7. The van der Waals surface area contributed by atoms with Crippen LogP contribution in [0.25, 0.3) is 17.2 Å². The Morgan fingerprint density at radius 1 is 1.03 bits per heavy atom. The number of fused-ring (bicyclic) bond motifs is 1. The van der Waals surface area contributed by atoms with Gasteiger partial charge in [-0.3, -0.25) is 4.90 Å². The fraction of sp³-hybridized carbons (Fsp3) is 0.444. The second-order valence-electron chi connectivity index (χ2n) is 10.2. The highest BCUT2D eigenvalue weighted by Gasteiger charge is 2.29. The lowest BCUT2D eigenvalue weighted by atomic mass is 9.83. The molecule has 0 radical (unpaired) electrons. The summed E-state index contributed by atoms with van der Waals surface area (Å²) < 4.78 is 21.7. The number of anilines is 2. The summed E-state index contributed by atoms with van der Waals surface area (Å²) in [5, 5.41) is 8.47. The Morgan fingerprint density at radius 2 is 1.83 bits per heavy atom. The second kappa shape index (κ2) is 9.54. The van der Waals surface area contributed by atoms with E-state index < -0.39 is 0 Å². The van der Waals surface area contributed by atoms with Gasteiger partial charge in [-0.15, -0.1) is 5.10 Å². The molecule has 188 valence electrons. The van der Waals surface area contributed by atoms with Crippen LogP contribution in [-0.2, 0) is 6.54 Å². The number of aromatic nitrogens is 4. The van der Waals surface area contributed by atoms with E-state index in [0.29, 0.717) is 29.8 Å². The normalized spacial score (nSPS) is 18.6. The molecule has 4 aromatic rings. The minimum Gasteiger partial charge on any atom is -0.461 e. The van der Waals surface area contributed by atoms with Crippen LogP contribution in [0.15, 0.2) is 53.3 Å². The molecule has 0 atom stereocenters. The lowest BCUT2D eigenvalue weighted by Gasteiger charge is -2.36. The molecule has 6 rings (SSSR count). The van der Waals surface area contributed by atoms with Crippen molar-refractivity contribution >= 4 is 17.3 Å². The number of halogens is 1. The highest BCUT2D eigenvalue weighted by Crippen LogP contribution is 2.31. The van der Waals surface area contributed by atoms with Gasteiger partial charge in [0.1, 0.15) is 5.82 Å². The number of para-hydroxylation sites is 1.